The Bertz CT molecular complexity index is 393. The quantitative estimate of drug-likeness (QED) is 0.799. The van der Waals surface area contributed by atoms with Crippen molar-refractivity contribution in [1.82, 2.24) is 5.32 Å². The zero-order chi connectivity index (χ0) is 12.8. The van der Waals surface area contributed by atoms with Gasteiger partial charge in [0.05, 0.1) is 6.42 Å². The van der Waals surface area contributed by atoms with Crippen LogP contribution in [0.5, 0.6) is 0 Å². The first-order valence-corrected chi connectivity index (χ1v) is 5.69. The van der Waals surface area contributed by atoms with Crippen LogP contribution in [0, 0.1) is 12.7 Å². The highest BCUT2D eigenvalue weighted by molar-refractivity contribution is 5.67. The molecule has 0 aliphatic carbocycles. The fourth-order valence-corrected chi connectivity index (χ4v) is 1.73. The van der Waals surface area contributed by atoms with Crippen molar-refractivity contribution in [3.05, 3.63) is 35.1 Å². The number of carboxylic acid groups (broad SMARTS) is 1. The van der Waals surface area contributed by atoms with Gasteiger partial charge in [-0.05, 0) is 50.1 Å². The molecule has 3 nitrogen and oxygen atoms in total. The smallest absolute Gasteiger partial charge is 0.304 e. The van der Waals surface area contributed by atoms with Gasteiger partial charge in [-0.15, -0.1) is 0 Å². The van der Waals surface area contributed by atoms with Gasteiger partial charge in [-0.25, -0.2) is 4.39 Å². The molecule has 1 aromatic carbocycles. The van der Waals surface area contributed by atoms with Crippen LogP contribution in [0.3, 0.4) is 0 Å². The molecule has 1 atom stereocenters. The number of carboxylic acids is 1. The fourth-order valence-electron chi connectivity index (χ4n) is 1.73. The summed E-state index contributed by atoms with van der Waals surface area (Å²) in [7, 11) is 0. The third-order valence-corrected chi connectivity index (χ3v) is 2.67. The van der Waals surface area contributed by atoms with Crippen molar-refractivity contribution in [2.75, 3.05) is 6.54 Å². The SMILES string of the molecule is Cc1cc(F)ccc1CCNC(C)CC(=O)O. The topological polar surface area (TPSA) is 49.3 Å². The van der Waals surface area contributed by atoms with E-state index in [0.717, 1.165) is 17.5 Å². The predicted molar refractivity (Wildman–Crippen MR) is 64.6 cm³/mol. The molecule has 17 heavy (non-hydrogen) atoms. The molecule has 0 radical (unpaired) electrons. The van der Waals surface area contributed by atoms with Crippen LogP contribution in [0.4, 0.5) is 4.39 Å². The van der Waals surface area contributed by atoms with Crippen molar-refractivity contribution in [2.45, 2.75) is 32.7 Å². The lowest BCUT2D eigenvalue weighted by atomic mass is 10.1. The molecular weight excluding hydrogens is 221 g/mol. The first-order chi connectivity index (χ1) is 7.99. The highest BCUT2D eigenvalue weighted by Crippen LogP contribution is 2.10. The van der Waals surface area contributed by atoms with Crippen molar-refractivity contribution in [3.8, 4) is 0 Å². The molecule has 0 saturated carbocycles. The van der Waals surface area contributed by atoms with Crippen LogP contribution in [0.25, 0.3) is 0 Å². The lowest BCUT2D eigenvalue weighted by molar-refractivity contribution is -0.137. The average Bonchev–Trinajstić information content (AvgIpc) is 2.20. The van der Waals surface area contributed by atoms with Gasteiger partial charge in [-0.2, -0.15) is 0 Å². The summed E-state index contributed by atoms with van der Waals surface area (Å²) in [5.74, 6) is -1.03. The summed E-state index contributed by atoms with van der Waals surface area (Å²) in [5, 5.41) is 11.7. The van der Waals surface area contributed by atoms with Crippen LogP contribution < -0.4 is 5.32 Å². The van der Waals surface area contributed by atoms with Gasteiger partial charge in [0.1, 0.15) is 5.82 Å². The molecule has 1 rings (SSSR count). The molecule has 1 aromatic rings. The lowest BCUT2D eigenvalue weighted by Gasteiger charge is -2.12. The predicted octanol–water partition coefficient (Wildman–Crippen LogP) is 2.13. The minimum absolute atomic E-state index is 0.0479. The van der Waals surface area contributed by atoms with E-state index in [2.05, 4.69) is 5.32 Å². The van der Waals surface area contributed by atoms with Crippen molar-refractivity contribution >= 4 is 5.97 Å². The molecule has 1 unspecified atom stereocenters. The number of benzene rings is 1. The maximum Gasteiger partial charge on any atom is 0.304 e. The molecule has 0 fully saturated rings. The van der Waals surface area contributed by atoms with Crippen molar-refractivity contribution in [3.63, 3.8) is 0 Å². The lowest BCUT2D eigenvalue weighted by Crippen LogP contribution is -2.30. The van der Waals surface area contributed by atoms with Crippen LogP contribution in [-0.4, -0.2) is 23.7 Å². The molecule has 4 heteroatoms. The van der Waals surface area contributed by atoms with Crippen LogP contribution in [0.15, 0.2) is 18.2 Å². The number of carbonyl (C=O) groups is 1. The molecule has 0 bridgehead atoms. The first kappa shape index (κ1) is 13.6. The van der Waals surface area contributed by atoms with Gasteiger partial charge in [0.25, 0.3) is 0 Å². The number of hydrogen-bond donors (Lipinski definition) is 2. The number of aryl methyl sites for hydroxylation is 1. The van der Waals surface area contributed by atoms with Gasteiger partial charge < -0.3 is 10.4 Å². The summed E-state index contributed by atoms with van der Waals surface area (Å²) in [6, 6.07) is 4.68. The second-order valence-electron chi connectivity index (χ2n) is 4.27. The second kappa shape index (κ2) is 6.35. The monoisotopic (exact) mass is 239 g/mol. The Hall–Kier alpha value is -1.42. The van der Waals surface area contributed by atoms with E-state index >= 15 is 0 Å². The molecular formula is C13H18FNO2. The summed E-state index contributed by atoms with van der Waals surface area (Å²) in [5.41, 5.74) is 2.01. The minimum Gasteiger partial charge on any atom is -0.481 e. The zero-order valence-electron chi connectivity index (χ0n) is 10.2. The Kier molecular flexibility index (Phi) is 5.10. The number of nitrogens with one attached hydrogen (secondary N) is 1. The summed E-state index contributed by atoms with van der Waals surface area (Å²) in [4.78, 5) is 10.5. The third-order valence-electron chi connectivity index (χ3n) is 2.67. The highest BCUT2D eigenvalue weighted by atomic mass is 19.1. The van der Waals surface area contributed by atoms with Crippen molar-refractivity contribution in [2.24, 2.45) is 0 Å². The van der Waals surface area contributed by atoms with E-state index in [-0.39, 0.29) is 18.3 Å². The highest BCUT2D eigenvalue weighted by Gasteiger charge is 2.06. The van der Waals surface area contributed by atoms with E-state index in [9.17, 15) is 9.18 Å². The summed E-state index contributed by atoms with van der Waals surface area (Å²) in [6.45, 7) is 4.41. The third kappa shape index (κ3) is 4.95. The Morgan fingerprint density at radius 2 is 2.24 bits per heavy atom. The Labute approximate surface area is 101 Å². The molecule has 2 N–H and O–H groups in total. The number of rotatable bonds is 6. The van der Waals surface area contributed by atoms with Gasteiger partial charge in [0.15, 0.2) is 0 Å². The van der Waals surface area contributed by atoms with E-state index in [4.69, 9.17) is 5.11 Å². The van der Waals surface area contributed by atoms with Crippen LogP contribution in [-0.2, 0) is 11.2 Å². The maximum atomic E-state index is 12.9. The molecule has 0 heterocycles. The van der Waals surface area contributed by atoms with E-state index < -0.39 is 5.97 Å². The number of hydrogen-bond acceptors (Lipinski definition) is 2. The molecule has 0 saturated heterocycles. The van der Waals surface area contributed by atoms with Gasteiger partial charge in [0.2, 0.25) is 0 Å². The van der Waals surface area contributed by atoms with Gasteiger partial charge in [-0.1, -0.05) is 6.07 Å². The normalized spacial score (nSPS) is 12.4. The van der Waals surface area contributed by atoms with Crippen molar-refractivity contribution < 1.29 is 14.3 Å². The van der Waals surface area contributed by atoms with Crippen LogP contribution in [0.1, 0.15) is 24.5 Å². The second-order valence-corrected chi connectivity index (χ2v) is 4.27. The maximum absolute atomic E-state index is 12.9. The van der Waals surface area contributed by atoms with Gasteiger partial charge in [-0.3, -0.25) is 4.79 Å². The molecule has 0 aromatic heterocycles. The van der Waals surface area contributed by atoms with Crippen LogP contribution >= 0.6 is 0 Å². The summed E-state index contributed by atoms with van der Waals surface area (Å²) >= 11 is 0. The molecule has 0 spiro atoms. The zero-order valence-corrected chi connectivity index (χ0v) is 10.2. The molecule has 0 aliphatic heterocycles. The number of aliphatic carboxylic acids is 1. The van der Waals surface area contributed by atoms with Crippen LogP contribution in [0.2, 0.25) is 0 Å². The summed E-state index contributed by atoms with van der Waals surface area (Å²) in [6.07, 6.45) is 0.887. The van der Waals surface area contributed by atoms with Crippen molar-refractivity contribution in [1.29, 1.82) is 0 Å². The standard InChI is InChI=1S/C13H18FNO2/c1-9-7-12(14)4-3-11(9)5-6-15-10(2)8-13(16)17/h3-4,7,10,15H,5-6,8H2,1-2H3,(H,16,17). The largest absolute Gasteiger partial charge is 0.481 e. The molecule has 0 aliphatic rings. The molecule has 0 amide bonds. The Morgan fingerprint density at radius 3 is 2.82 bits per heavy atom. The van der Waals surface area contributed by atoms with E-state index in [0.29, 0.717) is 6.54 Å². The Balaban J connectivity index is 2.38. The number of halogens is 1. The van der Waals surface area contributed by atoms with Gasteiger partial charge >= 0.3 is 5.97 Å². The van der Waals surface area contributed by atoms with E-state index in [1.165, 1.54) is 12.1 Å². The van der Waals surface area contributed by atoms with Gasteiger partial charge in [0, 0.05) is 6.04 Å². The molecule has 94 valence electrons. The minimum atomic E-state index is -0.803. The summed E-state index contributed by atoms with van der Waals surface area (Å²) < 4.78 is 12.9. The van der Waals surface area contributed by atoms with E-state index in [1.54, 1.807) is 6.07 Å². The van der Waals surface area contributed by atoms with E-state index in [1.807, 2.05) is 13.8 Å². The Morgan fingerprint density at radius 1 is 1.53 bits per heavy atom. The average molecular weight is 239 g/mol. The first-order valence-electron chi connectivity index (χ1n) is 5.69. The fraction of sp³-hybridized carbons (Fsp3) is 0.462.